The van der Waals surface area contributed by atoms with Gasteiger partial charge in [-0.2, -0.15) is 0 Å². The summed E-state index contributed by atoms with van der Waals surface area (Å²) in [5.41, 5.74) is -1.77. The van der Waals surface area contributed by atoms with E-state index in [-0.39, 0.29) is 61.7 Å². The van der Waals surface area contributed by atoms with Crippen LogP contribution in [0.4, 0.5) is 0 Å². The van der Waals surface area contributed by atoms with Crippen LogP contribution in [-0.4, -0.2) is 180 Å². The number of aliphatic hydroxyl groups is 3. The number of fused-ring (bicyclic) bond motifs is 1. The van der Waals surface area contributed by atoms with Crippen LogP contribution in [0.5, 0.6) is 0 Å². The molecule has 4 heterocycles. The van der Waals surface area contributed by atoms with Gasteiger partial charge < -0.3 is 64.3 Å². The van der Waals surface area contributed by atoms with Crippen molar-refractivity contribution < 1.29 is 58.2 Å². The van der Waals surface area contributed by atoms with Crippen molar-refractivity contribution in [2.45, 2.75) is 192 Å². The lowest BCUT2D eigenvalue weighted by atomic mass is 9.77. The van der Waals surface area contributed by atoms with Crippen LogP contribution in [0.2, 0.25) is 0 Å². The number of carbonyl (C=O) groups excluding carboxylic acids is 4. The lowest BCUT2D eigenvalue weighted by molar-refractivity contribution is -0.317. The molecule has 67 heavy (non-hydrogen) atoms. The van der Waals surface area contributed by atoms with Crippen LogP contribution < -0.4 is 10.6 Å². The number of aliphatic hydroxyl groups excluding tert-OH is 2. The molecule has 0 spiro atoms. The Bertz CT molecular complexity index is 1800. The quantitative estimate of drug-likeness (QED) is 0.229. The lowest BCUT2D eigenvalue weighted by Gasteiger charge is -2.49. The molecule has 0 saturated carbocycles. The average molecular weight is 946 g/mol. The standard InChI is InChI=1S/C50H83N5O12/c1-28(2)39-45(59)51-35(22-21-34-18-15-14-16-19-34)47(61)54(12)27-29(3)25-49(8,62)43(67-48-40(56)37(53(10)11)24-30(4)64-48)31(5)41(66-38-26-50(9,63-13)42(57)33(7)65-38)32(6)46(60)55-23-17-20-36(55)44(58)52-39/h14-16,18-19,28-33,35-43,48,56-57,62H,17,20-27H2,1-13H3,(H,51,59)(H,52,58)/t29-,30-,31+,32-,33+,35-,36-,37+,38+,39?,40-,41+,42+,43-,48+,49-,50-/m1/s1. The van der Waals surface area contributed by atoms with E-state index in [1.54, 1.807) is 39.6 Å². The first-order valence-electron chi connectivity index (χ1n) is 24.5. The summed E-state index contributed by atoms with van der Waals surface area (Å²) in [4.78, 5) is 63.2. The molecular weight excluding hydrogens is 863 g/mol. The van der Waals surface area contributed by atoms with E-state index < -0.39 is 96.1 Å². The number of hydrogen-bond donors (Lipinski definition) is 5. The average Bonchev–Trinajstić information content (AvgIpc) is 3.77. The summed E-state index contributed by atoms with van der Waals surface area (Å²) in [6.45, 7) is 16.6. The molecule has 17 atom stereocenters. The van der Waals surface area contributed by atoms with Crippen LogP contribution in [0.3, 0.4) is 0 Å². The van der Waals surface area contributed by atoms with Gasteiger partial charge in [0.15, 0.2) is 12.6 Å². The Morgan fingerprint density at radius 1 is 0.925 bits per heavy atom. The van der Waals surface area contributed by atoms with E-state index >= 15 is 4.79 Å². The molecule has 0 aromatic heterocycles. The predicted molar refractivity (Wildman–Crippen MR) is 251 cm³/mol. The molecule has 0 bridgehead atoms. The van der Waals surface area contributed by atoms with Gasteiger partial charge in [-0.05, 0) is 97.7 Å². The summed E-state index contributed by atoms with van der Waals surface area (Å²) < 4.78 is 32.2. The van der Waals surface area contributed by atoms with Gasteiger partial charge in [-0.1, -0.05) is 65.0 Å². The molecule has 0 radical (unpaired) electrons. The van der Waals surface area contributed by atoms with Crippen molar-refractivity contribution in [2.75, 3.05) is 41.3 Å². The third-order valence-electron chi connectivity index (χ3n) is 14.8. The molecule has 5 rings (SSSR count). The van der Waals surface area contributed by atoms with Crippen molar-refractivity contribution in [3.63, 3.8) is 0 Å². The Morgan fingerprint density at radius 2 is 1.60 bits per heavy atom. The second-order valence-electron chi connectivity index (χ2n) is 21.2. The van der Waals surface area contributed by atoms with Crippen molar-refractivity contribution in [2.24, 2.45) is 23.7 Å². The zero-order chi connectivity index (χ0) is 49.7. The van der Waals surface area contributed by atoms with Crippen LogP contribution >= 0.6 is 0 Å². The highest BCUT2D eigenvalue weighted by atomic mass is 16.7. The number of nitrogens with zero attached hydrogens (tertiary/aromatic N) is 3. The van der Waals surface area contributed by atoms with Crippen LogP contribution in [0.1, 0.15) is 106 Å². The first-order chi connectivity index (χ1) is 31.4. The molecule has 5 N–H and O–H groups in total. The van der Waals surface area contributed by atoms with Gasteiger partial charge in [-0.3, -0.25) is 19.2 Å². The Morgan fingerprint density at radius 3 is 2.22 bits per heavy atom. The number of benzene rings is 1. The van der Waals surface area contributed by atoms with Gasteiger partial charge in [-0.15, -0.1) is 0 Å². The number of amides is 4. The fourth-order valence-corrected chi connectivity index (χ4v) is 10.9. The molecule has 4 aliphatic rings. The largest absolute Gasteiger partial charge is 0.387 e. The van der Waals surface area contributed by atoms with Crippen LogP contribution in [0.25, 0.3) is 0 Å². The number of carbonyl (C=O) groups is 4. The molecule has 1 aromatic rings. The second-order valence-corrected chi connectivity index (χ2v) is 21.2. The molecule has 4 saturated heterocycles. The molecule has 4 aliphatic heterocycles. The Balaban J connectivity index is 1.61. The highest BCUT2D eigenvalue weighted by molar-refractivity contribution is 5.95. The molecular formula is C50H83N5O12. The summed E-state index contributed by atoms with van der Waals surface area (Å²) in [5, 5.41) is 41.8. The minimum atomic E-state index is -1.70. The van der Waals surface area contributed by atoms with Crippen molar-refractivity contribution in [1.29, 1.82) is 0 Å². The summed E-state index contributed by atoms with van der Waals surface area (Å²) in [6, 6.07) is 6.51. The highest BCUT2D eigenvalue weighted by Gasteiger charge is 2.52. The Hall–Kier alpha value is -3.26. The van der Waals surface area contributed by atoms with Crippen LogP contribution in [-0.2, 0) is 49.3 Å². The third-order valence-corrected chi connectivity index (χ3v) is 14.8. The second kappa shape index (κ2) is 23.1. The minimum Gasteiger partial charge on any atom is -0.387 e. The van der Waals surface area contributed by atoms with Crippen molar-refractivity contribution in [1.82, 2.24) is 25.3 Å². The number of ether oxygens (including phenoxy) is 5. The van der Waals surface area contributed by atoms with Crippen molar-refractivity contribution in [3.8, 4) is 0 Å². The summed E-state index contributed by atoms with van der Waals surface area (Å²) in [5.74, 6) is -4.19. The lowest BCUT2D eigenvalue weighted by Crippen LogP contribution is -2.61. The van der Waals surface area contributed by atoms with Gasteiger partial charge in [0.25, 0.3) is 0 Å². The molecule has 1 unspecified atom stereocenters. The van der Waals surface area contributed by atoms with E-state index in [1.165, 1.54) is 12.0 Å². The Labute approximate surface area is 398 Å². The maximum atomic E-state index is 15.1. The van der Waals surface area contributed by atoms with Gasteiger partial charge in [0, 0.05) is 45.6 Å². The topological polar surface area (TPSA) is 209 Å². The third kappa shape index (κ3) is 13.1. The Kier molecular flexibility index (Phi) is 18.9. The van der Waals surface area contributed by atoms with Crippen molar-refractivity contribution in [3.05, 3.63) is 35.9 Å². The molecule has 1 aromatic carbocycles. The SMILES string of the molecule is CO[C@]1(C)C[C@H](O[C@H]2[C@H](C)[C@@H](O[C@@H]3O[C@H](C)C[C@H](N(C)C)[C@H]3O)[C@](C)(O)C[C@@H](C)CN(C)C(=O)[C@@H](CCc3ccccc3)NC(=O)C(C(C)C)NC(=O)[C@H]3CCCN3C(=O)[C@@H]2C)O[C@@H](C)[C@@H]1O. The molecule has 4 fully saturated rings. The first kappa shape index (κ1) is 54.7. The highest BCUT2D eigenvalue weighted by Crippen LogP contribution is 2.40. The maximum Gasteiger partial charge on any atom is 0.244 e. The number of rotatable bonds is 10. The van der Waals surface area contributed by atoms with E-state index in [2.05, 4.69) is 10.6 Å². The summed E-state index contributed by atoms with van der Waals surface area (Å²) >= 11 is 0. The van der Waals surface area contributed by atoms with Gasteiger partial charge in [-0.25, -0.2) is 0 Å². The van der Waals surface area contributed by atoms with E-state index in [4.69, 9.17) is 23.7 Å². The van der Waals surface area contributed by atoms with E-state index in [0.717, 1.165) is 5.56 Å². The number of methoxy groups -OCH3 is 1. The smallest absolute Gasteiger partial charge is 0.244 e. The molecule has 4 amide bonds. The normalized spacial score (nSPS) is 40.2. The fraction of sp³-hybridized carbons (Fsp3) is 0.800. The number of likely N-dealkylation sites (N-methyl/N-ethyl adjacent to an activating group) is 2. The zero-order valence-electron chi connectivity index (χ0n) is 42.3. The van der Waals surface area contributed by atoms with Crippen LogP contribution in [0, 0.1) is 23.7 Å². The zero-order valence-corrected chi connectivity index (χ0v) is 42.3. The number of nitrogens with one attached hydrogen (secondary N) is 2. The molecule has 0 aliphatic carbocycles. The molecule has 17 heteroatoms. The van der Waals surface area contributed by atoms with E-state index in [0.29, 0.717) is 32.1 Å². The monoisotopic (exact) mass is 946 g/mol. The minimum absolute atomic E-state index is 0.0954. The predicted octanol–water partition coefficient (Wildman–Crippen LogP) is 2.85. The van der Waals surface area contributed by atoms with E-state index in [1.807, 2.05) is 83.9 Å². The molecule has 17 nitrogen and oxygen atoms in total. The maximum absolute atomic E-state index is 15.1. The first-order valence-corrected chi connectivity index (χ1v) is 24.5. The fourth-order valence-electron chi connectivity index (χ4n) is 10.9. The van der Waals surface area contributed by atoms with Gasteiger partial charge in [0.05, 0.1) is 41.5 Å². The van der Waals surface area contributed by atoms with Gasteiger partial charge in [0.1, 0.15) is 30.3 Å². The molecule has 380 valence electrons. The van der Waals surface area contributed by atoms with E-state index in [9.17, 15) is 29.7 Å². The van der Waals surface area contributed by atoms with Gasteiger partial charge in [0.2, 0.25) is 23.6 Å². The van der Waals surface area contributed by atoms with Crippen molar-refractivity contribution >= 4 is 23.6 Å². The number of aryl methyl sites for hydroxylation is 1. The summed E-state index contributed by atoms with van der Waals surface area (Å²) in [7, 11) is 6.93. The van der Waals surface area contributed by atoms with Crippen LogP contribution in [0.15, 0.2) is 30.3 Å². The van der Waals surface area contributed by atoms with Gasteiger partial charge >= 0.3 is 0 Å². The number of hydrogen-bond acceptors (Lipinski definition) is 13. The summed E-state index contributed by atoms with van der Waals surface area (Å²) in [6.07, 6.45) is -5.07.